The summed E-state index contributed by atoms with van der Waals surface area (Å²) in [6, 6.07) is 0. The SMILES string of the molecule is CCC(C)(C)C1CCC2(CC1)OCC(CCCCN1CCCCC1)O2. The van der Waals surface area contributed by atoms with Crippen molar-refractivity contribution in [3.63, 3.8) is 0 Å². The molecule has 3 fully saturated rings. The molecule has 0 N–H and O–H groups in total. The number of ether oxygens (including phenoxy) is 2. The highest BCUT2D eigenvalue weighted by Gasteiger charge is 2.46. The molecule has 146 valence electrons. The number of rotatable bonds is 7. The van der Waals surface area contributed by atoms with Gasteiger partial charge in [0.25, 0.3) is 0 Å². The van der Waals surface area contributed by atoms with Crippen LogP contribution in [0, 0.1) is 11.3 Å². The summed E-state index contributed by atoms with van der Waals surface area (Å²) < 4.78 is 12.6. The van der Waals surface area contributed by atoms with Gasteiger partial charge in [-0.2, -0.15) is 0 Å². The Morgan fingerprint density at radius 1 is 1.04 bits per heavy atom. The van der Waals surface area contributed by atoms with E-state index in [2.05, 4.69) is 25.7 Å². The van der Waals surface area contributed by atoms with Gasteiger partial charge in [0.2, 0.25) is 0 Å². The smallest absolute Gasteiger partial charge is 0.168 e. The second kappa shape index (κ2) is 8.71. The molecular weight excluding hydrogens is 310 g/mol. The first-order chi connectivity index (χ1) is 12.0. The predicted octanol–water partition coefficient (Wildman–Crippen LogP) is 5.38. The van der Waals surface area contributed by atoms with Gasteiger partial charge < -0.3 is 14.4 Å². The molecule has 2 saturated heterocycles. The fraction of sp³-hybridized carbons (Fsp3) is 1.00. The average Bonchev–Trinajstić information content (AvgIpc) is 3.02. The molecule has 2 heterocycles. The first kappa shape index (κ1) is 19.6. The summed E-state index contributed by atoms with van der Waals surface area (Å²) in [5.41, 5.74) is 0.466. The van der Waals surface area contributed by atoms with E-state index in [1.807, 2.05) is 0 Å². The lowest BCUT2D eigenvalue weighted by atomic mass is 9.68. The Balaban J connectivity index is 1.33. The predicted molar refractivity (Wildman–Crippen MR) is 104 cm³/mol. The molecule has 0 radical (unpaired) electrons. The number of hydrogen-bond donors (Lipinski definition) is 0. The Morgan fingerprint density at radius 3 is 2.44 bits per heavy atom. The zero-order valence-electron chi connectivity index (χ0n) is 17.0. The molecule has 3 heteroatoms. The van der Waals surface area contributed by atoms with Gasteiger partial charge in [0.05, 0.1) is 12.7 Å². The fourth-order valence-electron chi connectivity index (χ4n) is 5.04. The van der Waals surface area contributed by atoms with Crippen LogP contribution in [-0.2, 0) is 9.47 Å². The number of likely N-dealkylation sites (tertiary alicyclic amines) is 1. The van der Waals surface area contributed by atoms with Crippen LogP contribution < -0.4 is 0 Å². The van der Waals surface area contributed by atoms with Crippen LogP contribution in [0.4, 0.5) is 0 Å². The molecule has 2 aliphatic heterocycles. The summed E-state index contributed by atoms with van der Waals surface area (Å²) >= 11 is 0. The van der Waals surface area contributed by atoms with E-state index in [0.717, 1.165) is 25.4 Å². The number of nitrogens with zero attached hydrogens (tertiary/aromatic N) is 1. The minimum absolute atomic E-state index is 0.224. The van der Waals surface area contributed by atoms with Gasteiger partial charge in [-0.25, -0.2) is 0 Å². The molecule has 1 unspecified atom stereocenters. The molecule has 3 aliphatic rings. The maximum absolute atomic E-state index is 6.44. The van der Waals surface area contributed by atoms with Crippen LogP contribution in [0.15, 0.2) is 0 Å². The van der Waals surface area contributed by atoms with Gasteiger partial charge in [-0.05, 0) is 75.9 Å². The first-order valence-electron chi connectivity index (χ1n) is 11.1. The quantitative estimate of drug-likeness (QED) is 0.575. The van der Waals surface area contributed by atoms with E-state index in [1.165, 1.54) is 77.4 Å². The van der Waals surface area contributed by atoms with E-state index in [-0.39, 0.29) is 5.79 Å². The molecule has 1 aliphatic carbocycles. The van der Waals surface area contributed by atoms with Crippen LogP contribution in [0.1, 0.15) is 91.4 Å². The van der Waals surface area contributed by atoms with Gasteiger partial charge in [0.1, 0.15) is 0 Å². The van der Waals surface area contributed by atoms with E-state index in [4.69, 9.17) is 9.47 Å². The summed E-state index contributed by atoms with van der Waals surface area (Å²) in [5.74, 6) is 0.608. The monoisotopic (exact) mass is 351 g/mol. The van der Waals surface area contributed by atoms with E-state index < -0.39 is 0 Å². The highest BCUT2D eigenvalue weighted by Crippen LogP contribution is 2.47. The van der Waals surface area contributed by atoms with Crippen molar-refractivity contribution < 1.29 is 9.47 Å². The lowest BCUT2D eigenvalue weighted by Gasteiger charge is -2.42. The average molecular weight is 352 g/mol. The van der Waals surface area contributed by atoms with Crippen LogP contribution in [-0.4, -0.2) is 43.0 Å². The van der Waals surface area contributed by atoms with Gasteiger partial charge in [-0.1, -0.05) is 33.6 Å². The Morgan fingerprint density at radius 2 is 1.76 bits per heavy atom. The molecular formula is C22H41NO2. The number of hydrogen-bond acceptors (Lipinski definition) is 3. The maximum atomic E-state index is 6.44. The van der Waals surface area contributed by atoms with Crippen molar-refractivity contribution in [1.82, 2.24) is 4.90 Å². The van der Waals surface area contributed by atoms with Crippen molar-refractivity contribution >= 4 is 0 Å². The normalized spacial score (nSPS) is 34.7. The minimum atomic E-state index is -0.224. The second-order valence-electron chi connectivity index (χ2n) is 9.48. The van der Waals surface area contributed by atoms with E-state index in [9.17, 15) is 0 Å². The van der Waals surface area contributed by atoms with Crippen molar-refractivity contribution in [2.75, 3.05) is 26.2 Å². The van der Waals surface area contributed by atoms with E-state index >= 15 is 0 Å². The highest BCUT2D eigenvalue weighted by molar-refractivity contribution is 4.89. The van der Waals surface area contributed by atoms with Gasteiger partial charge in [-0.3, -0.25) is 0 Å². The Labute approximate surface area is 155 Å². The summed E-state index contributed by atoms with van der Waals surface area (Å²) in [6.45, 7) is 11.9. The van der Waals surface area contributed by atoms with Crippen molar-refractivity contribution in [2.24, 2.45) is 11.3 Å². The highest BCUT2D eigenvalue weighted by atomic mass is 16.7. The van der Waals surface area contributed by atoms with Crippen LogP contribution >= 0.6 is 0 Å². The zero-order chi connectivity index (χ0) is 17.8. The first-order valence-corrected chi connectivity index (χ1v) is 11.1. The third kappa shape index (κ3) is 5.20. The molecule has 0 bridgehead atoms. The third-order valence-electron chi connectivity index (χ3n) is 7.38. The summed E-state index contributed by atoms with van der Waals surface area (Å²) in [6.07, 6.45) is 14.4. The summed E-state index contributed by atoms with van der Waals surface area (Å²) in [4.78, 5) is 2.65. The molecule has 1 atom stereocenters. The van der Waals surface area contributed by atoms with Crippen molar-refractivity contribution in [3.05, 3.63) is 0 Å². The molecule has 0 aromatic rings. The van der Waals surface area contributed by atoms with Gasteiger partial charge >= 0.3 is 0 Å². The maximum Gasteiger partial charge on any atom is 0.168 e. The van der Waals surface area contributed by atoms with Gasteiger partial charge in [0.15, 0.2) is 5.79 Å². The fourth-order valence-corrected chi connectivity index (χ4v) is 5.04. The molecule has 1 saturated carbocycles. The number of unbranched alkanes of at least 4 members (excludes halogenated alkanes) is 1. The summed E-state index contributed by atoms with van der Waals surface area (Å²) in [7, 11) is 0. The molecule has 25 heavy (non-hydrogen) atoms. The van der Waals surface area contributed by atoms with Crippen molar-refractivity contribution in [3.8, 4) is 0 Å². The van der Waals surface area contributed by atoms with Gasteiger partial charge in [-0.15, -0.1) is 0 Å². The Kier molecular flexibility index (Phi) is 6.84. The largest absolute Gasteiger partial charge is 0.347 e. The Hall–Kier alpha value is -0.120. The van der Waals surface area contributed by atoms with E-state index in [0.29, 0.717) is 11.5 Å². The minimum Gasteiger partial charge on any atom is -0.347 e. The topological polar surface area (TPSA) is 21.7 Å². The zero-order valence-corrected chi connectivity index (χ0v) is 17.0. The second-order valence-corrected chi connectivity index (χ2v) is 9.48. The van der Waals surface area contributed by atoms with Gasteiger partial charge in [0, 0.05) is 12.8 Å². The molecule has 3 nitrogen and oxygen atoms in total. The van der Waals surface area contributed by atoms with E-state index in [1.54, 1.807) is 0 Å². The van der Waals surface area contributed by atoms with Crippen LogP contribution in [0.2, 0.25) is 0 Å². The molecule has 1 spiro atoms. The van der Waals surface area contributed by atoms with Crippen LogP contribution in [0.3, 0.4) is 0 Å². The standard InChI is InChI=1S/C22H41NO2/c1-4-21(2,3)19-11-13-22(14-12-19)24-18-20(25-22)10-6-9-17-23-15-7-5-8-16-23/h19-20H,4-18H2,1-3H3. The lowest BCUT2D eigenvalue weighted by molar-refractivity contribution is -0.197. The molecule has 3 rings (SSSR count). The van der Waals surface area contributed by atoms with Crippen LogP contribution in [0.25, 0.3) is 0 Å². The molecule has 0 amide bonds. The van der Waals surface area contributed by atoms with Crippen LogP contribution in [0.5, 0.6) is 0 Å². The summed E-state index contributed by atoms with van der Waals surface area (Å²) in [5, 5.41) is 0. The number of piperidine rings is 1. The molecule has 0 aromatic carbocycles. The Bertz CT molecular complexity index is 395. The molecule has 0 aromatic heterocycles. The lowest BCUT2D eigenvalue weighted by Crippen LogP contribution is -2.39. The van der Waals surface area contributed by atoms with Crippen molar-refractivity contribution in [1.29, 1.82) is 0 Å². The third-order valence-corrected chi connectivity index (χ3v) is 7.38. The van der Waals surface area contributed by atoms with Crippen molar-refractivity contribution in [2.45, 2.75) is 103 Å².